The van der Waals surface area contributed by atoms with E-state index in [0.717, 1.165) is 30.1 Å². The Bertz CT molecular complexity index is 618. The second-order valence-electron chi connectivity index (χ2n) is 6.13. The van der Waals surface area contributed by atoms with E-state index in [9.17, 15) is 0 Å². The van der Waals surface area contributed by atoms with Gasteiger partial charge < -0.3 is 5.32 Å². The molecule has 3 rings (SSSR count). The predicted octanol–water partition coefficient (Wildman–Crippen LogP) is 4.82. The van der Waals surface area contributed by atoms with Gasteiger partial charge in [0.1, 0.15) is 0 Å². The van der Waals surface area contributed by atoms with E-state index < -0.39 is 0 Å². The quantitative estimate of drug-likeness (QED) is 0.838. The summed E-state index contributed by atoms with van der Waals surface area (Å²) in [5.41, 5.74) is 5.27. The Balaban J connectivity index is 1.94. The number of nitrogens with one attached hydrogen (secondary N) is 1. The first-order valence-corrected chi connectivity index (χ1v) is 8.06. The minimum atomic E-state index is 0.526. The zero-order chi connectivity index (χ0) is 14.8. The Labute approximate surface area is 132 Å². The molecule has 1 nitrogen and oxygen atoms in total. The van der Waals surface area contributed by atoms with Gasteiger partial charge in [0.15, 0.2) is 0 Å². The fourth-order valence-electron chi connectivity index (χ4n) is 3.26. The van der Waals surface area contributed by atoms with E-state index in [-0.39, 0.29) is 0 Å². The Kier molecular flexibility index (Phi) is 4.32. The molecule has 110 valence electrons. The SMILES string of the molecule is Cc1ccc(C2CNCCC2c2ccc(C)c(Cl)c2)cc1. The maximum atomic E-state index is 6.33. The summed E-state index contributed by atoms with van der Waals surface area (Å²) in [6.07, 6.45) is 1.16. The van der Waals surface area contributed by atoms with E-state index in [4.69, 9.17) is 11.6 Å². The number of rotatable bonds is 2. The molecule has 2 aromatic carbocycles. The third-order valence-electron chi connectivity index (χ3n) is 4.61. The van der Waals surface area contributed by atoms with Gasteiger partial charge in [0.05, 0.1) is 0 Å². The molecule has 1 saturated heterocycles. The van der Waals surface area contributed by atoms with Crippen LogP contribution in [0.15, 0.2) is 42.5 Å². The van der Waals surface area contributed by atoms with Crippen LogP contribution in [-0.4, -0.2) is 13.1 Å². The van der Waals surface area contributed by atoms with E-state index in [1.54, 1.807) is 0 Å². The van der Waals surface area contributed by atoms with Gasteiger partial charge in [-0.1, -0.05) is 53.6 Å². The van der Waals surface area contributed by atoms with Crippen LogP contribution in [0.4, 0.5) is 0 Å². The number of aryl methyl sites for hydroxylation is 2. The van der Waals surface area contributed by atoms with Crippen molar-refractivity contribution in [1.82, 2.24) is 5.32 Å². The van der Waals surface area contributed by atoms with E-state index in [1.807, 2.05) is 0 Å². The summed E-state index contributed by atoms with van der Waals surface area (Å²) in [6.45, 7) is 6.32. The van der Waals surface area contributed by atoms with Crippen LogP contribution in [0.3, 0.4) is 0 Å². The molecular formula is C19H22ClN. The summed E-state index contributed by atoms with van der Waals surface area (Å²) in [6, 6.07) is 15.5. The molecule has 0 aromatic heterocycles. The minimum Gasteiger partial charge on any atom is -0.316 e. The fourth-order valence-corrected chi connectivity index (χ4v) is 3.45. The van der Waals surface area contributed by atoms with Gasteiger partial charge in [-0.05, 0) is 55.5 Å². The highest BCUT2D eigenvalue weighted by molar-refractivity contribution is 6.31. The molecule has 0 amide bonds. The van der Waals surface area contributed by atoms with Crippen LogP contribution in [0.1, 0.15) is 40.5 Å². The topological polar surface area (TPSA) is 12.0 Å². The number of hydrogen-bond acceptors (Lipinski definition) is 1. The molecule has 2 aromatic rings. The van der Waals surface area contributed by atoms with Gasteiger partial charge in [-0.2, -0.15) is 0 Å². The molecule has 0 aliphatic carbocycles. The molecule has 0 bridgehead atoms. The van der Waals surface area contributed by atoms with Crippen LogP contribution in [0.5, 0.6) is 0 Å². The highest BCUT2D eigenvalue weighted by Crippen LogP contribution is 2.38. The van der Waals surface area contributed by atoms with Gasteiger partial charge >= 0.3 is 0 Å². The van der Waals surface area contributed by atoms with Crippen molar-refractivity contribution in [3.63, 3.8) is 0 Å². The maximum absolute atomic E-state index is 6.33. The molecule has 0 spiro atoms. The molecule has 1 aliphatic heterocycles. The van der Waals surface area contributed by atoms with Crippen LogP contribution in [0.2, 0.25) is 5.02 Å². The zero-order valence-corrected chi connectivity index (χ0v) is 13.5. The Morgan fingerprint density at radius 2 is 1.67 bits per heavy atom. The average Bonchev–Trinajstić information content (AvgIpc) is 2.51. The van der Waals surface area contributed by atoms with Crippen LogP contribution in [-0.2, 0) is 0 Å². The van der Waals surface area contributed by atoms with E-state index in [0.29, 0.717) is 11.8 Å². The fraction of sp³-hybridized carbons (Fsp3) is 0.368. The molecule has 1 fully saturated rings. The molecule has 1 heterocycles. The molecule has 0 saturated carbocycles. The number of hydrogen-bond donors (Lipinski definition) is 1. The first kappa shape index (κ1) is 14.6. The lowest BCUT2D eigenvalue weighted by atomic mass is 9.77. The number of halogens is 1. The van der Waals surface area contributed by atoms with Crippen LogP contribution in [0.25, 0.3) is 0 Å². The van der Waals surface area contributed by atoms with Crippen molar-refractivity contribution in [2.45, 2.75) is 32.1 Å². The normalized spacial score (nSPS) is 22.2. The lowest BCUT2D eigenvalue weighted by Gasteiger charge is -2.33. The van der Waals surface area contributed by atoms with Crippen molar-refractivity contribution >= 4 is 11.6 Å². The van der Waals surface area contributed by atoms with Gasteiger partial charge in [0.2, 0.25) is 0 Å². The maximum Gasteiger partial charge on any atom is 0.0438 e. The Morgan fingerprint density at radius 1 is 0.952 bits per heavy atom. The van der Waals surface area contributed by atoms with Crippen LogP contribution in [0, 0.1) is 13.8 Å². The molecule has 2 heteroatoms. The smallest absolute Gasteiger partial charge is 0.0438 e. The van der Waals surface area contributed by atoms with Crippen molar-refractivity contribution in [3.05, 3.63) is 69.7 Å². The van der Waals surface area contributed by atoms with Gasteiger partial charge in [-0.15, -0.1) is 0 Å². The van der Waals surface area contributed by atoms with Crippen molar-refractivity contribution in [2.24, 2.45) is 0 Å². The summed E-state index contributed by atoms with van der Waals surface area (Å²) in [5.74, 6) is 1.07. The summed E-state index contributed by atoms with van der Waals surface area (Å²) in [7, 11) is 0. The van der Waals surface area contributed by atoms with Gasteiger partial charge in [0.25, 0.3) is 0 Å². The average molecular weight is 300 g/mol. The molecule has 1 aliphatic rings. The molecule has 21 heavy (non-hydrogen) atoms. The Hall–Kier alpha value is -1.31. The van der Waals surface area contributed by atoms with Gasteiger partial charge in [-0.25, -0.2) is 0 Å². The molecule has 0 radical (unpaired) electrons. The van der Waals surface area contributed by atoms with Crippen molar-refractivity contribution in [3.8, 4) is 0 Å². The van der Waals surface area contributed by atoms with Gasteiger partial charge in [-0.3, -0.25) is 0 Å². The summed E-state index contributed by atoms with van der Waals surface area (Å²) >= 11 is 6.33. The van der Waals surface area contributed by atoms with E-state index in [1.165, 1.54) is 16.7 Å². The number of benzene rings is 2. The first-order valence-electron chi connectivity index (χ1n) is 7.68. The summed E-state index contributed by atoms with van der Waals surface area (Å²) in [5, 5.41) is 4.42. The third kappa shape index (κ3) is 3.14. The second kappa shape index (κ2) is 6.21. The monoisotopic (exact) mass is 299 g/mol. The first-order chi connectivity index (χ1) is 10.1. The number of piperidine rings is 1. The van der Waals surface area contributed by atoms with Crippen LogP contribution < -0.4 is 5.32 Å². The summed E-state index contributed by atoms with van der Waals surface area (Å²) < 4.78 is 0. The largest absolute Gasteiger partial charge is 0.316 e. The second-order valence-corrected chi connectivity index (χ2v) is 6.53. The lowest BCUT2D eigenvalue weighted by Crippen LogP contribution is -2.34. The molecule has 2 atom stereocenters. The van der Waals surface area contributed by atoms with Gasteiger partial charge in [0, 0.05) is 17.5 Å². The van der Waals surface area contributed by atoms with E-state index >= 15 is 0 Å². The Morgan fingerprint density at radius 3 is 2.38 bits per heavy atom. The van der Waals surface area contributed by atoms with Crippen molar-refractivity contribution in [2.75, 3.05) is 13.1 Å². The molecular weight excluding hydrogens is 278 g/mol. The zero-order valence-electron chi connectivity index (χ0n) is 12.7. The standard InChI is InChI=1S/C19H22ClN/c1-13-3-6-15(7-4-13)18-12-21-10-9-17(18)16-8-5-14(2)19(20)11-16/h3-8,11,17-18,21H,9-10,12H2,1-2H3. The third-order valence-corrected chi connectivity index (χ3v) is 5.02. The summed E-state index contributed by atoms with van der Waals surface area (Å²) in [4.78, 5) is 0. The molecule has 2 unspecified atom stereocenters. The van der Waals surface area contributed by atoms with Crippen LogP contribution >= 0.6 is 11.6 Å². The van der Waals surface area contributed by atoms with Crippen molar-refractivity contribution in [1.29, 1.82) is 0 Å². The van der Waals surface area contributed by atoms with E-state index in [2.05, 4.69) is 61.6 Å². The molecule has 1 N–H and O–H groups in total. The highest BCUT2D eigenvalue weighted by Gasteiger charge is 2.27. The highest BCUT2D eigenvalue weighted by atomic mass is 35.5. The minimum absolute atomic E-state index is 0.526. The van der Waals surface area contributed by atoms with Crippen molar-refractivity contribution < 1.29 is 0 Å². The lowest BCUT2D eigenvalue weighted by molar-refractivity contribution is 0.404. The predicted molar refractivity (Wildman–Crippen MR) is 90.3 cm³/mol.